The van der Waals surface area contributed by atoms with Gasteiger partial charge in [0, 0.05) is 11.7 Å². The van der Waals surface area contributed by atoms with Crippen LogP contribution in [0.1, 0.15) is 25.3 Å². The number of carbonyl (C=O) groups excluding carboxylic acids is 1. The maximum absolute atomic E-state index is 13.0. The van der Waals surface area contributed by atoms with Gasteiger partial charge in [0.05, 0.1) is 12.7 Å². The molecule has 1 aliphatic rings. The fourth-order valence-electron chi connectivity index (χ4n) is 2.81. The van der Waals surface area contributed by atoms with Crippen LogP contribution >= 0.6 is 0 Å². The molecule has 0 N–H and O–H groups in total. The number of hydrogen-bond donors (Lipinski definition) is 0. The molecule has 0 bridgehead atoms. The van der Waals surface area contributed by atoms with Crippen molar-refractivity contribution in [2.24, 2.45) is 5.41 Å². The van der Waals surface area contributed by atoms with E-state index in [0.717, 1.165) is 0 Å². The van der Waals surface area contributed by atoms with Crippen molar-refractivity contribution in [2.75, 3.05) is 12.4 Å². The minimum Gasteiger partial charge on any atom is -0.465 e. The van der Waals surface area contributed by atoms with E-state index in [2.05, 4.69) is 0 Å². The molecular weight excluding hydrogens is 309 g/mol. The molecule has 22 heavy (non-hydrogen) atoms. The van der Waals surface area contributed by atoms with Crippen molar-refractivity contribution < 1.29 is 22.3 Å². The summed E-state index contributed by atoms with van der Waals surface area (Å²) >= 11 is 0. The van der Waals surface area contributed by atoms with Gasteiger partial charge in [0.2, 0.25) is 0 Å². The lowest BCUT2D eigenvalue weighted by Gasteiger charge is -2.08. The smallest absolute Gasteiger partial charge is 0.328 e. The van der Waals surface area contributed by atoms with Gasteiger partial charge in [-0.1, -0.05) is 19.1 Å². The summed E-state index contributed by atoms with van der Waals surface area (Å²) < 4.78 is 42.5. The van der Waals surface area contributed by atoms with Gasteiger partial charge in [-0.05, 0) is 24.6 Å². The van der Waals surface area contributed by atoms with Crippen LogP contribution in [-0.4, -0.2) is 32.0 Å². The number of rotatable bonds is 5. The molecule has 118 valence electrons. The van der Waals surface area contributed by atoms with Gasteiger partial charge in [-0.15, -0.1) is 0 Å². The average molecular weight is 325 g/mol. The number of ether oxygens (including phenoxy) is 1. The Kier molecular flexibility index (Phi) is 4.25. The largest absolute Gasteiger partial charge is 0.465 e. The summed E-state index contributed by atoms with van der Waals surface area (Å²) in [5, 5.41) is 8.33. The molecule has 0 saturated heterocycles. The van der Waals surface area contributed by atoms with Crippen LogP contribution in [0.3, 0.4) is 0 Å². The molecule has 0 unspecified atom stereocenters. The number of esters is 1. The highest BCUT2D eigenvalue weighted by atomic mass is 32.2. The topological polar surface area (TPSA) is 84.2 Å². The summed E-state index contributed by atoms with van der Waals surface area (Å²) in [7, 11) is -3.63. The van der Waals surface area contributed by atoms with Crippen LogP contribution in [0.15, 0.2) is 24.3 Å². The zero-order chi connectivity index (χ0) is 16.5. The van der Waals surface area contributed by atoms with Gasteiger partial charge in [-0.25, -0.2) is 12.8 Å². The Morgan fingerprint density at radius 3 is 2.41 bits per heavy atom. The van der Waals surface area contributed by atoms with Crippen molar-refractivity contribution in [3.63, 3.8) is 0 Å². The Bertz CT molecular complexity index is 723. The molecule has 2 rings (SSSR count). The number of carbonyl (C=O) groups is 1. The van der Waals surface area contributed by atoms with Gasteiger partial charge in [-0.3, -0.25) is 4.79 Å². The molecular formula is C15H16FNO4S. The predicted molar refractivity (Wildman–Crippen MR) is 77.1 cm³/mol. The zero-order valence-electron chi connectivity index (χ0n) is 12.2. The Labute approximate surface area is 128 Å². The van der Waals surface area contributed by atoms with Crippen molar-refractivity contribution in [1.29, 1.82) is 5.26 Å². The lowest BCUT2D eigenvalue weighted by Crippen LogP contribution is -2.26. The maximum atomic E-state index is 13.0. The Morgan fingerprint density at radius 1 is 1.36 bits per heavy atom. The lowest BCUT2D eigenvalue weighted by molar-refractivity contribution is -0.147. The second-order valence-electron chi connectivity index (χ2n) is 5.10. The fraction of sp³-hybridized carbons (Fsp3) is 0.467. The fourth-order valence-corrected chi connectivity index (χ4v) is 4.74. The maximum Gasteiger partial charge on any atom is 0.328 e. The van der Waals surface area contributed by atoms with E-state index in [1.165, 1.54) is 31.2 Å². The second-order valence-corrected chi connectivity index (χ2v) is 7.51. The first-order valence-corrected chi connectivity index (χ1v) is 8.62. The molecule has 1 fully saturated rings. The summed E-state index contributed by atoms with van der Waals surface area (Å²) in [6.07, 6.45) is 0. The van der Waals surface area contributed by atoms with Crippen LogP contribution < -0.4 is 0 Å². The van der Waals surface area contributed by atoms with E-state index in [1.807, 2.05) is 6.07 Å². The molecule has 0 heterocycles. The summed E-state index contributed by atoms with van der Waals surface area (Å²) in [5.74, 6) is -2.33. The third kappa shape index (κ3) is 2.37. The van der Waals surface area contributed by atoms with Gasteiger partial charge in [0.1, 0.15) is 11.1 Å². The lowest BCUT2D eigenvalue weighted by atomic mass is 10.0. The van der Waals surface area contributed by atoms with E-state index in [1.54, 1.807) is 6.92 Å². The number of hydrogen-bond acceptors (Lipinski definition) is 5. The van der Waals surface area contributed by atoms with E-state index < -0.39 is 38.2 Å². The Hall–Kier alpha value is -1.94. The SMILES string of the molecule is CCOC(=O)[C@]1(C#N)[C@@H](c2ccc(F)cc2)[C@@H]1S(=O)(=O)CC. The van der Waals surface area contributed by atoms with Crippen LogP contribution in [0.25, 0.3) is 0 Å². The van der Waals surface area contributed by atoms with Gasteiger partial charge in [-0.2, -0.15) is 5.26 Å². The monoisotopic (exact) mass is 325 g/mol. The normalized spacial score (nSPS) is 27.0. The third-order valence-corrected chi connectivity index (χ3v) is 6.17. The van der Waals surface area contributed by atoms with Crippen LogP contribution in [0, 0.1) is 22.6 Å². The number of nitrogens with zero attached hydrogens (tertiary/aromatic N) is 1. The standard InChI is InChI=1S/C15H16FNO4S/c1-3-21-14(18)15(9-17)12(13(15)22(19,20)4-2)10-5-7-11(16)8-6-10/h5-8,12-13H,3-4H2,1-2H3/t12-,13-,15+/m0/s1. The molecule has 1 saturated carbocycles. The minimum absolute atomic E-state index is 0.0529. The van der Waals surface area contributed by atoms with Crippen LogP contribution in [-0.2, 0) is 19.4 Å². The van der Waals surface area contributed by atoms with E-state index in [0.29, 0.717) is 5.56 Å². The van der Waals surface area contributed by atoms with Gasteiger partial charge >= 0.3 is 5.97 Å². The molecule has 7 heteroatoms. The number of halogens is 1. The third-order valence-electron chi connectivity index (χ3n) is 3.95. The second kappa shape index (κ2) is 5.69. The van der Waals surface area contributed by atoms with E-state index in [4.69, 9.17) is 4.74 Å². The zero-order valence-corrected chi connectivity index (χ0v) is 13.1. The van der Waals surface area contributed by atoms with Crippen LogP contribution in [0.4, 0.5) is 4.39 Å². The number of benzene rings is 1. The van der Waals surface area contributed by atoms with Crippen molar-refractivity contribution in [3.05, 3.63) is 35.6 Å². The molecule has 1 aliphatic carbocycles. The molecule has 5 nitrogen and oxygen atoms in total. The van der Waals surface area contributed by atoms with E-state index in [9.17, 15) is 22.9 Å². The Balaban J connectivity index is 2.52. The molecule has 0 aromatic heterocycles. The number of nitriles is 1. The van der Waals surface area contributed by atoms with Gasteiger partial charge in [0.25, 0.3) is 0 Å². The number of sulfone groups is 1. The molecule has 0 spiro atoms. The highest BCUT2D eigenvalue weighted by Gasteiger charge is 2.77. The molecule has 0 aliphatic heterocycles. The minimum atomic E-state index is -3.63. The van der Waals surface area contributed by atoms with Crippen molar-refractivity contribution in [1.82, 2.24) is 0 Å². The average Bonchev–Trinajstić information content (AvgIpc) is 3.20. The highest BCUT2D eigenvalue weighted by Crippen LogP contribution is 2.63. The van der Waals surface area contributed by atoms with E-state index >= 15 is 0 Å². The van der Waals surface area contributed by atoms with Crippen LogP contribution in [0.2, 0.25) is 0 Å². The van der Waals surface area contributed by atoms with Gasteiger partial charge in [0.15, 0.2) is 15.3 Å². The van der Waals surface area contributed by atoms with Crippen molar-refractivity contribution in [2.45, 2.75) is 25.0 Å². The Morgan fingerprint density at radius 2 is 1.95 bits per heavy atom. The summed E-state index contributed by atoms with van der Waals surface area (Å²) in [6.45, 7) is 3.10. The molecule has 1 aromatic rings. The molecule has 0 amide bonds. The van der Waals surface area contributed by atoms with E-state index in [-0.39, 0.29) is 12.4 Å². The van der Waals surface area contributed by atoms with Gasteiger partial charge < -0.3 is 4.74 Å². The summed E-state index contributed by atoms with van der Waals surface area (Å²) in [4.78, 5) is 12.2. The predicted octanol–water partition coefficient (Wildman–Crippen LogP) is 1.80. The van der Waals surface area contributed by atoms with Crippen molar-refractivity contribution >= 4 is 15.8 Å². The summed E-state index contributed by atoms with van der Waals surface area (Å²) in [5.41, 5.74) is -1.30. The van der Waals surface area contributed by atoms with Crippen LogP contribution in [0.5, 0.6) is 0 Å². The first kappa shape index (κ1) is 16.4. The first-order chi connectivity index (χ1) is 10.3. The molecule has 0 radical (unpaired) electrons. The highest BCUT2D eigenvalue weighted by molar-refractivity contribution is 7.92. The first-order valence-electron chi connectivity index (χ1n) is 6.90. The quantitative estimate of drug-likeness (QED) is 0.771. The van der Waals surface area contributed by atoms with Crippen molar-refractivity contribution in [3.8, 4) is 6.07 Å². The summed E-state index contributed by atoms with van der Waals surface area (Å²) in [6, 6.07) is 7.00. The molecule has 3 atom stereocenters. The molecule has 1 aromatic carbocycles.